The third-order valence-electron chi connectivity index (χ3n) is 12.8. The van der Waals surface area contributed by atoms with Crippen molar-refractivity contribution in [1.82, 2.24) is 28.9 Å². The first-order valence-electron chi connectivity index (χ1n) is 20.2. The van der Waals surface area contributed by atoms with Crippen LogP contribution in [-0.2, 0) is 49.6 Å². The monoisotopic (exact) mass is 828 g/mol. The summed E-state index contributed by atoms with van der Waals surface area (Å²) in [7, 11) is 3.54. The number of ether oxygens (including phenoxy) is 1. The molecule has 3 amide bonds. The van der Waals surface area contributed by atoms with Crippen LogP contribution in [0.4, 0.5) is 20.6 Å². The lowest BCUT2D eigenvalue weighted by Gasteiger charge is -2.32. The van der Waals surface area contributed by atoms with Crippen LogP contribution in [0.1, 0.15) is 103 Å². The molecule has 4 heterocycles. The third-order valence-corrected chi connectivity index (χ3v) is 13.2. The number of nitrogens with zero attached hydrogens (tertiary/aromatic N) is 6. The number of aliphatic carboxylic acids is 1. The molecule has 0 spiro atoms. The first-order valence-corrected chi connectivity index (χ1v) is 20.6. The largest absolute Gasteiger partial charge is 0.481 e. The smallest absolute Gasteiger partial charge is 0.410 e. The number of carbonyl (C=O) groups excluding carboxylic acids is 3. The summed E-state index contributed by atoms with van der Waals surface area (Å²) in [5.74, 6) is -2.14. The molecule has 4 aliphatic rings. The van der Waals surface area contributed by atoms with E-state index in [1.54, 1.807) is 67.6 Å². The number of carbonyl (C=O) groups is 4. The van der Waals surface area contributed by atoms with Crippen molar-refractivity contribution in [2.45, 2.75) is 90.8 Å². The lowest BCUT2D eigenvalue weighted by atomic mass is 9.80. The van der Waals surface area contributed by atoms with E-state index >= 15 is 4.39 Å². The Morgan fingerprint density at radius 3 is 2.03 bits per heavy atom. The highest BCUT2D eigenvalue weighted by Gasteiger charge is 2.57. The zero-order chi connectivity index (χ0) is 42.0. The van der Waals surface area contributed by atoms with E-state index in [4.69, 9.17) is 21.3 Å². The number of anilines is 2. The van der Waals surface area contributed by atoms with Crippen LogP contribution in [0.2, 0.25) is 5.02 Å². The lowest BCUT2D eigenvalue weighted by Crippen LogP contribution is -2.40. The number of carboxylic acid groups (broad SMARTS) is 1. The number of aromatic nitrogens is 4. The van der Waals surface area contributed by atoms with Crippen molar-refractivity contribution in [1.29, 1.82) is 0 Å². The zero-order valence-electron chi connectivity index (χ0n) is 34.1. The number of benzene rings is 2. The van der Waals surface area contributed by atoms with Gasteiger partial charge in [0.05, 0.1) is 39.7 Å². The van der Waals surface area contributed by atoms with Gasteiger partial charge >= 0.3 is 12.1 Å². The Kier molecular flexibility index (Phi) is 10.3. The number of hydrogen-bond donors (Lipinski definition) is 3. The number of halogens is 2. The molecule has 2 aliphatic carbocycles. The summed E-state index contributed by atoms with van der Waals surface area (Å²) < 4.78 is 25.2. The van der Waals surface area contributed by atoms with Crippen LogP contribution in [0.3, 0.4) is 0 Å². The molecule has 16 heteroatoms. The number of hydrogen-bond acceptors (Lipinski definition) is 8. The number of amides is 3. The van der Waals surface area contributed by atoms with E-state index in [1.165, 1.54) is 6.07 Å². The molecule has 2 fully saturated rings. The van der Waals surface area contributed by atoms with Crippen molar-refractivity contribution in [2.24, 2.45) is 24.9 Å². The fraction of sp³-hybridized carbons (Fsp3) is 0.488. The van der Waals surface area contributed by atoms with Crippen LogP contribution < -0.4 is 10.6 Å². The first kappa shape index (κ1) is 40.5. The molecule has 2 aromatic carbocycles. The Labute approximate surface area is 347 Å². The van der Waals surface area contributed by atoms with Crippen molar-refractivity contribution in [3.8, 4) is 11.1 Å². The van der Waals surface area contributed by atoms with E-state index in [9.17, 15) is 24.3 Å². The van der Waals surface area contributed by atoms with E-state index in [0.29, 0.717) is 30.8 Å². The molecule has 59 heavy (non-hydrogen) atoms. The summed E-state index contributed by atoms with van der Waals surface area (Å²) in [6.07, 6.45) is 5.96. The Balaban J connectivity index is 0.932. The second kappa shape index (κ2) is 15.1. The molecule has 2 aromatic heterocycles. The quantitative estimate of drug-likeness (QED) is 0.158. The molecule has 4 aromatic rings. The number of fused-ring (bicyclic) bond motifs is 4. The first-order chi connectivity index (χ1) is 28.0. The van der Waals surface area contributed by atoms with Gasteiger partial charge in [0.15, 0.2) is 17.5 Å². The Hall–Kier alpha value is -5.28. The number of rotatable bonds is 9. The SMILES string of the molecule is Cn1c(C(=O)Nc2cccc(-c3cccc(NC(=O)c4nc5c(n4C)CCN(CCC46CCC(C(=O)O)(CC4)C6)C5)c3Cl)c2F)nc2c1CCN(C(=O)OC(C)(C)C)C2. The summed E-state index contributed by atoms with van der Waals surface area (Å²) in [5, 5.41) is 15.5. The van der Waals surface area contributed by atoms with Gasteiger partial charge in [-0.25, -0.2) is 19.2 Å². The molecule has 2 saturated carbocycles. The second-order valence-corrected chi connectivity index (χ2v) is 18.1. The third kappa shape index (κ3) is 7.58. The minimum absolute atomic E-state index is 0.0725. The molecule has 14 nitrogen and oxygen atoms in total. The normalized spacial score (nSPS) is 21.2. The fourth-order valence-corrected chi connectivity index (χ4v) is 9.85. The van der Waals surface area contributed by atoms with E-state index in [1.807, 2.05) is 11.6 Å². The minimum atomic E-state index is -0.718. The maximum absolute atomic E-state index is 16.2. The minimum Gasteiger partial charge on any atom is -0.481 e. The van der Waals surface area contributed by atoms with Gasteiger partial charge in [0.2, 0.25) is 0 Å². The standard InChI is InChI=1S/C43H50ClFN8O6/c1-41(2,3)59-40(58)53-20-13-32-30(23-53)47-36(51(32)5)38(55)49-28-11-7-9-26(34(28)45)25-8-6-10-27(33(25)44)48-37(54)35-46-29-22-52(19-12-31(29)50(35)4)21-18-42-14-16-43(24-42,17-15-42)39(56)57/h6-11H,12-24H2,1-5H3,(H,48,54)(H,49,55)(H,56,57). The van der Waals surface area contributed by atoms with Gasteiger partial charge in [-0.3, -0.25) is 19.3 Å². The molecular weight excluding hydrogens is 779 g/mol. The van der Waals surface area contributed by atoms with Crippen molar-refractivity contribution in [3.05, 3.63) is 81.7 Å². The molecular formula is C43H50ClFN8O6. The average Bonchev–Trinajstić information content (AvgIpc) is 3.95. The summed E-state index contributed by atoms with van der Waals surface area (Å²) in [6, 6.07) is 9.52. The van der Waals surface area contributed by atoms with Gasteiger partial charge in [0.25, 0.3) is 11.8 Å². The van der Waals surface area contributed by atoms with E-state index in [2.05, 4.69) is 20.5 Å². The van der Waals surface area contributed by atoms with Gasteiger partial charge in [-0.05, 0) is 83.4 Å². The molecule has 3 N–H and O–H groups in total. The molecule has 2 bridgehead atoms. The van der Waals surface area contributed by atoms with Crippen LogP contribution in [0.25, 0.3) is 11.1 Å². The summed E-state index contributed by atoms with van der Waals surface area (Å²) in [5.41, 5.74) is 2.75. The molecule has 0 unspecified atom stereocenters. The topological polar surface area (TPSA) is 164 Å². The van der Waals surface area contributed by atoms with Crippen molar-refractivity contribution >= 4 is 46.9 Å². The highest BCUT2D eigenvalue weighted by Crippen LogP contribution is 2.63. The van der Waals surface area contributed by atoms with Crippen LogP contribution in [0.15, 0.2) is 36.4 Å². The summed E-state index contributed by atoms with van der Waals surface area (Å²) in [6.45, 7) is 8.27. The average molecular weight is 829 g/mol. The molecule has 2 aliphatic heterocycles. The van der Waals surface area contributed by atoms with E-state index in [0.717, 1.165) is 75.1 Å². The predicted molar refractivity (Wildman–Crippen MR) is 219 cm³/mol. The van der Waals surface area contributed by atoms with Gasteiger partial charge in [0.1, 0.15) is 5.60 Å². The second-order valence-electron chi connectivity index (χ2n) is 17.7. The Morgan fingerprint density at radius 1 is 0.847 bits per heavy atom. The van der Waals surface area contributed by atoms with Gasteiger partial charge in [0, 0.05) is 69.1 Å². The maximum atomic E-state index is 16.2. The van der Waals surface area contributed by atoms with Gasteiger partial charge in [-0.2, -0.15) is 0 Å². The highest BCUT2D eigenvalue weighted by atomic mass is 35.5. The molecule has 8 rings (SSSR count). The molecule has 312 valence electrons. The fourth-order valence-electron chi connectivity index (χ4n) is 9.57. The van der Waals surface area contributed by atoms with Crippen LogP contribution in [0.5, 0.6) is 0 Å². The van der Waals surface area contributed by atoms with E-state index < -0.39 is 40.7 Å². The van der Waals surface area contributed by atoms with Crippen molar-refractivity contribution in [2.75, 3.05) is 30.3 Å². The molecule has 0 saturated heterocycles. The Bertz CT molecular complexity index is 2370. The number of nitrogens with one attached hydrogen (secondary N) is 2. The van der Waals surface area contributed by atoms with Crippen LogP contribution >= 0.6 is 11.6 Å². The van der Waals surface area contributed by atoms with Crippen molar-refractivity contribution in [3.63, 3.8) is 0 Å². The maximum Gasteiger partial charge on any atom is 0.410 e. The molecule has 0 radical (unpaired) electrons. The van der Waals surface area contributed by atoms with Crippen LogP contribution in [0, 0.1) is 16.6 Å². The number of carboxylic acids is 1. The zero-order valence-corrected chi connectivity index (χ0v) is 34.8. The van der Waals surface area contributed by atoms with Gasteiger partial charge < -0.3 is 34.5 Å². The lowest BCUT2D eigenvalue weighted by molar-refractivity contribution is -0.148. The highest BCUT2D eigenvalue weighted by molar-refractivity contribution is 6.36. The predicted octanol–water partition coefficient (Wildman–Crippen LogP) is 7.19. The number of imidazole rings is 2. The van der Waals surface area contributed by atoms with Crippen molar-refractivity contribution < 1.29 is 33.4 Å². The summed E-state index contributed by atoms with van der Waals surface area (Å²) >= 11 is 6.86. The van der Waals surface area contributed by atoms with Crippen LogP contribution in [-0.4, -0.2) is 83.1 Å². The summed E-state index contributed by atoms with van der Waals surface area (Å²) in [4.78, 5) is 65.1. The molecule has 0 atom stereocenters. The van der Waals surface area contributed by atoms with Gasteiger partial charge in [-0.15, -0.1) is 0 Å². The Morgan fingerprint density at radius 2 is 1.42 bits per heavy atom. The van der Waals surface area contributed by atoms with E-state index in [-0.39, 0.29) is 45.6 Å². The van der Waals surface area contributed by atoms with Gasteiger partial charge in [-0.1, -0.05) is 35.9 Å².